The summed E-state index contributed by atoms with van der Waals surface area (Å²) in [5, 5.41) is 6.40. The van der Waals surface area contributed by atoms with Crippen molar-refractivity contribution >= 4 is 41.8 Å². The molecule has 2 N–H and O–H groups in total. The molecule has 27 heavy (non-hydrogen) atoms. The van der Waals surface area contributed by atoms with Crippen LogP contribution in [-0.2, 0) is 18.3 Å². The number of nitrogens with one attached hydrogen (secondary N) is 2. The highest BCUT2D eigenvalue weighted by atomic mass is 35.5. The molecule has 0 spiro atoms. The molecule has 152 valence electrons. The zero-order valence-electron chi connectivity index (χ0n) is 15.8. The van der Waals surface area contributed by atoms with Crippen molar-refractivity contribution in [2.75, 3.05) is 19.6 Å². The number of carbonyl (C=O) groups excluding carboxylic acids is 1. The van der Waals surface area contributed by atoms with E-state index in [-0.39, 0.29) is 36.5 Å². The molecule has 1 aromatic carbocycles. The van der Waals surface area contributed by atoms with Crippen molar-refractivity contribution in [2.45, 2.75) is 32.6 Å². The van der Waals surface area contributed by atoms with Crippen LogP contribution >= 0.6 is 24.8 Å². The highest BCUT2D eigenvalue weighted by Crippen LogP contribution is 2.22. The van der Waals surface area contributed by atoms with Crippen LogP contribution in [0, 0.1) is 17.7 Å². The predicted molar refractivity (Wildman–Crippen MR) is 111 cm³/mol. The second-order valence-electron chi connectivity index (χ2n) is 7.11. The van der Waals surface area contributed by atoms with Crippen LogP contribution in [-0.4, -0.2) is 35.1 Å². The lowest BCUT2D eigenvalue weighted by Crippen LogP contribution is -2.36. The summed E-state index contributed by atoms with van der Waals surface area (Å²) in [6.45, 7) is 4.83. The zero-order valence-corrected chi connectivity index (χ0v) is 17.5. The first-order chi connectivity index (χ1) is 12.0. The minimum Gasteiger partial charge on any atom is -0.356 e. The summed E-state index contributed by atoms with van der Waals surface area (Å²) in [4.78, 5) is 16.6. The monoisotopic (exact) mass is 418 g/mol. The Hall–Kier alpha value is -1.37. The molecule has 1 aliphatic rings. The number of amides is 1. The van der Waals surface area contributed by atoms with Gasteiger partial charge in [-0.05, 0) is 49.9 Å². The van der Waals surface area contributed by atoms with E-state index in [1.54, 1.807) is 6.07 Å². The quantitative estimate of drug-likeness (QED) is 0.756. The number of halogens is 3. The molecule has 1 saturated heterocycles. The molecule has 1 aromatic heterocycles. The van der Waals surface area contributed by atoms with E-state index in [0.717, 1.165) is 24.4 Å². The smallest absolute Gasteiger partial charge is 0.220 e. The fourth-order valence-electron chi connectivity index (χ4n) is 3.66. The zero-order chi connectivity index (χ0) is 17.8. The van der Waals surface area contributed by atoms with E-state index in [1.165, 1.54) is 25.0 Å². The minimum absolute atomic E-state index is 0. The van der Waals surface area contributed by atoms with E-state index >= 15 is 0 Å². The number of benzene rings is 1. The summed E-state index contributed by atoms with van der Waals surface area (Å²) < 4.78 is 15.3. The van der Waals surface area contributed by atoms with Crippen LogP contribution in [0.5, 0.6) is 0 Å². The molecule has 0 radical (unpaired) electrons. The van der Waals surface area contributed by atoms with Gasteiger partial charge in [0.1, 0.15) is 11.6 Å². The number of rotatable bonds is 6. The number of nitrogens with zero attached hydrogens (tertiary/aromatic N) is 2. The Morgan fingerprint density at radius 2 is 2.22 bits per heavy atom. The third-order valence-corrected chi connectivity index (χ3v) is 5.25. The Morgan fingerprint density at radius 1 is 1.44 bits per heavy atom. The molecule has 8 heteroatoms. The van der Waals surface area contributed by atoms with E-state index in [1.807, 2.05) is 11.6 Å². The van der Waals surface area contributed by atoms with Crippen molar-refractivity contribution in [3.63, 3.8) is 0 Å². The van der Waals surface area contributed by atoms with Gasteiger partial charge in [-0.25, -0.2) is 9.37 Å². The van der Waals surface area contributed by atoms with Gasteiger partial charge in [-0.1, -0.05) is 6.92 Å². The van der Waals surface area contributed by atoms with Crippen LogP contribution in [0.3, 0.4) is 0 Å². The van der Waals surface area contributed by atoms with Gasteiger partial charge in [0, 0.05) is 32.5 Å². The van der Waals surface area contributed by atoms with E-state index in [2.05, 4.69) is 22.5 Å². The summed E-state index contributed by atoms with van der Waals surface area (Å²) in [7, 11) is 1.92. The van der Waals surface area contributed by atoms with Crippen molar-refractivity contribution in [3.05, 3.63) is 29.8 Å². The maximum absolute atomic E-state index is 13.3. The van der Waals surface area contributed by atoms with E-state index < -0.39 is 0 Å². The van der Waals surface area contributed by atoms with Gasteiger partial charge < -0.3 is 15.2 Å². The molecule has 1 fully saturated rings. The number of hydrogen-bond donors (Lipinski definition) is 2. The normalized spacial score (nSPS) is 17.7. The Bertz CT molecular complexity index is 747. The predicted octanol–water partition coefficient (Wildman–Crippen LogP) is 3.24. The molecule has 0 aliphatic carbocycles. The summed E-state index contributed by atoms with van der Waals surface area (Å²) in [5.74, 6) is 1.66. The first-order valence-electron chi connectivity index (χ1n) is 9.13. The largest absolute Gasteiger partial charge is 0.356 e. The molecule has 5 nitrogen and oxygen atoms in total. The molecule has 2 aromatic rings. The molecular weight excluding hydrogens is 390 g/mol. The molecule has 2 unspecified atom stereocenters. The lowest BCUT2D eigenvalue weighted by atomic mass is 9.85. The SMILES string of the molecule is CC(CC(=O)NCCc1nc2cc(F)ccc2n1C)C1CCCNC1.Cl.Cl. The number of hydrogen-bond acceptors (Lipinski definition) is 3. The van der Waals surface area contributed by atoms with Gasteiger partial charge in [0.05, 0.1) is 11.0 Å². The maximum Gasteiger partial charge on any atom is 0.220 e. The summed E-state index contributed by atoms with van der Waals surface area (Å²) in [6, 6.07) is 4.62. The fraction of sp³-hybridized carbons (Fsp3) is 0.579. The molecule has 2 atom stereocenters. The number of carbonyl (C=O) groups is 1. The Kier molecular flexibility index (Phi) is 9.50. The second kappa shape index (κ2) is 10.8. The third-order valence-electron chi connectivity index (χ3n) is 5.25. The molecule has 3 rings (SSSR count). The average Bonchev–Trinajstić information content (AvgIpc) is 2.91. The van der Waals surface area contributed by atoms with Crippen LogP contribution < -0.4 is 10.6 Å². The minimum atomic E-state index is -0.281. The van der Waals surface area contributed by atoms with Gasteiger partial charge in [0.15, 0.2) is 0 Å². The van der Waals surface area contributed by atoms with Gasteiger partial charge >= 0.3 is 0 Å². The van der Waals surface area contributed by atoms with Gasteiger partial charge in [0.2, 0.25) is 5.91 Å². The maximum atomic E-state index is 13.3. The summed E-state index contributed by atoms with van der Waals surface area (Å²) in [6.07, 6.45) is 3.61. The second-order valence-corrected chi connectivity index (χ2v) is 7.11. The number of piperidine rings is 1. The van der Waals surface area contributed by atoms with Gasteiger partial charge in [-0.2, -0.15) is 0 Å². The van der Waals surface area contributed by atoms with Crippen LogP contribution in [0.25, 0.3) is 11.0 Å². The van der Waals surface area contributed by atoms with Crippen molar-refractivity contribution in [2.24, 2.45) is 18.9 Å². The molecular formula is C19H29Cl2FN4O. The highest BCUT2D eigenvalue weighted by Gasteiger charge is 2.21. The Labute approximate surface area is 172 Å². The lowest BCUT2D eigenvalue weighted by molar-refractivity contribution is -0.122. The fourth-order valence-corrected chi connectivity index (χ4v) is 3.66. The van der Waals surface area contributed by atoms with Crippen molar-refractivity contribution in [3.8, 4) is 0 Å². The lowest BCUT2D eigenvalue weighted by Gasteiger charge is -2.28. The van der Waals surface area contributed by atoms with Crippen molar-refractivity contribution in [1.29, 1.82) is 0 Å². The van der Waals surface area contributed by atoms with E-state index in [9.17, 15) is 9.18 Å². The Morgan fingerprint density at radius 3 is 2.93 bits per heavy atom. The first kappa shape index (κ1) is 23.7. The molecule has 1 amide bonds. The number of aryl methyl sites for hydroxylation is 1. The van der Waals surface area contributed by atoms with Crippen LogP contribution in [0.1, 0.15) is 32.0 Å². The number of imidazole rings is 1. The van der Waals surface area contributed by atoms with Crippen molar-refractivity contribution in [1.82, 2.24) is 20.2 Å². The summed E-state index contributed by atoms with van der Waals surface area (Å²) in [5.41, 5.74) is 1.56. The Balaban J connectivity index is 0.00000182. The van der Waals surface area contributed by atoms with Crippen LogP contribution in [0.4, 0.5) is 4.39 Å². The molecule has 1 aliphatic heterocycles. The number of aromatic nitrogens is 2. The third kappa shape index (κ3) is 6.06. The topological polar surface area (TPSA) is 59.0 Å². The van der Waals surface area contributed by atoms with E-state index in [4.69, 9.17) is 0 Å². The standard InChI is InChI=1S/C19H27FN4O.2ClH/c1-13(14-4-3-8-21-12-14)10-19(25)22-9-7-18-23-16-11-15(20)5-6-17(16)24(18)2;;/h5-6,11,13-14,21H,3-4,7-10,12H2,1-2H3,(H,22,25);2*1H. The number of fused-ring (bicyclic) bond motifs is 1. The summed E-state index contributed by atoms with van der Waals surface area (Å²) >= 11 is 0. The van der Waals surface area contributed by atoms with Gasteiger partial charge in [-0.15, -0.1) is 24.8 Å². The van der Waals surface area contributed by atoms with Crippen molar-refractivity contribution < 1.29 is 9.18 Å². The molecule has 0 saturated carbocycles. The van der Waals surface area contributed by atoms with Crippen LogP contribution in [0.2, 0.25) is 0 Å². The van der Waals surface area contributed by atoms with Gasteiger partial charge in [-0.3, -0.25) is 4.79 Å². The molecule has 0 bridgehead atoms. The van der Waals surface area contributed by atoms with Crippen LogP contribution in [0.15, 0.2) is 18.2 Å². The first-order valence-corrected chi connectivity index (χ1v) is 9.13. The average molecular weight is 419 g/mol. The van der Waals surface area contributed by atoms with Gasteiger partial charge in [0.25, 0.3) is 0 Å². The molecule has 2 heterocycles. The highest BCUT2D eigenvalue weighted by molar-refractivity contribution is 5.85. The van der Waals surface area contributed by atoms with E-state index in [0.29, 0.717) is 36.7 Å².